The number of para-hydroxylation sites is 1. The molecule has 0 aromatic heterocycles. The molecule has 9 heteroatoms. The smallest absolute Gasteiger partial charge is 0.280 e. The number of amides is 1. The predicted molar refractivity (Wildman–Crippen MR) is 111 cm³/mol. The number of thioether (sulfide) groups is 1. The van der Waals surface area contributed by atoms with Crippen LogP contribution < -0.4 is 4.90 Å². The third-order valence-corrected chi connectivity index (χ3v) is 8.22. The van der Waals surface area contributed by atoms with Gasteiger partial charge >= 0.3 is 0 Å². The van der Waals surface area contributed by atoms with E-state index in [1.165, 1.54) is 23.9 Å². The topological polar surface area (TPSA) is 66.8 Å². The van der Waals surface area contributed by atoms with Gasteiger partial charge in [0.1, 0.15) is 0 Å². The zero-order valence-corrected chi connectivity index (χ0v) is 17.0. The van der Waals surface area contributed by atoms with Gasteiger partial charge < -0.3 is 4.90 Å². The quantitative estimate of drug-likeness (QED) is 0.707. The minimum Gasteiger partial charge on any atom is -0.316 e. The lowest BCUT2D eigenvalue weighted by Crippen LogP contribution is -2.37. The highest BCUT2D eigenvalue weighted by Gasteiger charge is 2.49. The van der Waals surface area contributed by atoms with Crippen molar-refractivity contribution < 1.29 is 13.2 Å². The molecule has 140 valence electrons. The van der Waals surface area contributed by atoms with Crippen molar-refractivity contribution in [1.82, 2.24) is 0 Å². The molecule has 1 amide bonds. The highest BCUT2D eigenvalue weighted by molar-refractivity contribution is 8.16. The summed E-state index contributed by atoms with van der Waals surface area (Å²) in [6, 6.07) is 13.7. The van der Waals surface area contributed by atoms with E-state index in [-0.39, 0.29) is 33.4 Å². The molecule has 2 heterocycles. The Morgan fingerprint density at radius 3 is 2.56 bits per heavy atom. The Morgan fingerprint density at radius 1 is 1.11 bits per heavy atom. The van der Waals surface area contributed by atoms with Crippen molar-refractivity contribution >= 4 is 61.6 Å². The highest BCUT2D eigenvalue weighted by atomic mass is 35.5. The summed E-state index contributed by atoms with van der Waals surface area (Å²) in [4.78, 5) is 18.8. The fourth-order valence-corrected chi connectivity index (χ4v) is 7.67. The summed E-state index contributed by atoms with van der Waals surface area (Å²) in [6.07, 6.45) is 0. The Balaban J connectivity index is 1.72. The van der Waals surface area contributed by atoms with Crippen molar-refractivity contribution in [1.29, 1.82) is 0 Å². The zero-order chi connectivity index (χ0) is 19.2. The number of carbonyl (C=O) groups is 1. The van der Waals surface area contributed by atoms with Gasteiger partial charge in [0.2, 0.25) is 0 Å². The van der Waals surface area contributed by atoms with Crippen LogP contribution in [0.25, 0.3) is 0 Å². The van der Waals surface area contributed by atoms with E-state index in [9.17, 15) is 13.2 Å². The summed E-state index contributed by atoms with van der Waals surface area (Å²) in [5, 5.41) is 1.00. The van der Waals surface area contributed by atoms with Crippen LogP contribution in [0.5, 0.6) is 0 Å². The zero-order valence-electron chi connectivity index (χ0n) is 13.9. The van der Waals surface area contributed by atoms with Gasteiger partial charge in [0.25, 0.3) is 5.91 Å². The monoisotopic (exact) mass is 440 g/mol. The summed E-state index contributed by atoms with van der Waals surface area (Å²) in [6.45, 7) is 0. The Kier molecular flexibility index (Phi) is 4.96. The van der Waals surface area contributed by atoms with Crippen molar-refractivity contribution in [3.8, 4) is 0 Å². The van der Waals surface area contributed by atoms with E-state index in [1.54, 1.807) is 6.07 Å². The van der Waals surface area contributed by atoms with E-state index in [1.807, 2.05) is 35.2 Å². The number of aliphatic imine (C=N–C) groups is 1. The summed E-state index contributed by atoms with van der Waals surface area (Å²) >= 11 is 13.3. The number of fused-ring (bicyclic) bond motifs is 1. The average molecular weight is 441 g/mol. The molecule has 0 radical (unpaired) electrons. The van der Waals surface area contributed by atoms with Gasteiger partial charge in [-0.1, -0.05) is 53.2 Å². The largest absolute Gasteiger partial charge is 0.316 e. The fourth-order valence-electron chi connectivity index (χ4n) is 3.27. The fraction of sp³-hybridized carbons (Fsp3) is 0.222. The lowest BCUT2D eigenvalue weighted by molar-refractivity contribution is 0.100. The molecule has 0 saturated carbocycles. The Labute approximate surface area is 171 Å². The molecule has 2 saturated heterocycles. The standard InChI is InChI=1S/C18H14Cl2N2O3S2/c19-11-6-7-13(14(20)8-11)17(23)21-18-22(12-4-2-1-3-5-12)15-9-27(24,25)10-16(15)26-18/h1-8,15-16H,9-10H2/t15-,16+/m1/s1. The van der Waals surface area contributed by atoms with Crippen molar-refractivity contribution in [2.45, 2.75) is 11.3 Å². The summed E-state index contributed by atoms with van der Waals surface area (Å²) in [7, 11) is -3.10. The van der Waals surface area contributed by atoms with Gasteiger partial charge in [0.05, 0.1) is 28.1 Å². The number of hydrogen-bond donors (Lipinski definition) is 0. The van der Waals surface area contributed by atoms with E-state index in [0.29, 0.717) is 10.2 Å². The number of benzene rings is 2. The minimum absolute atomic E-state index is 0.0501. The maximum absolute atomic E-state index is 12.7. The van der Waals surface area contributed by atoms with Crippen LogP contribution in [0.1, 0.15) is 10.4 Å². The van der Waals surface area contributed by atoms with Crippen LogP contribution in [0, 0.1) is 0 Å². The normalized spacial score (nSPS) is 25.0. The molecule has 0 N–H and O–H groups in total. The first kappa shape index (κ1) is 18.8. The molecule has 2 aliphatic heterocycles. The van der Waals surface area contributed by atoms with E-state index in [2.05, 4.69) is 4.99 Å². The molecule has 2 atom stereocenters. The van der Waals surface area contributed by atoms with E-state index in [0.717, 1.165) is 5.69 Å². The Hall–Kier alpha value is -1.54. The van der Waals surface area contributed by atoms with Gasteiger partial charge in [-0.25, -0.2) is 8.42 Å². The van der Waals surface area contributed by atoms with Gasteiger partial charge in [0.15, 0.2) is 15.0 Å². The van der Waals surface area contributed by atoms with Crippen molar-refractivity contribution in [3.05, 3.63) is 64.1 Å². The predicted octanol–water partition coefficient (Wildman–Crippen LogP) is 3.91. The molecule has 0 spiro atoms. The maximum Gasteiger partial charge on any atom is 0.280 e. The van der Waals surface area contributed by atoms with Gasteiger partial charge in [-0.15, -0.1) is 0 Å². The number of amidine groups is 1. The number of sulfone groups is 1. The number of rotatable bonds is 2. The average Bonchev–Trinajstić information content (AvgIpc) is 3.06. The van der Waals surface area contributed by atoms with Crippen LogP contribution in [0.2, 0.25) is 10.0 Å². The molecular weight excluding hydrogens is 427 g/mol. The Morgan fingerprint density at radius 2 is 1.85 bits per heavy atom. The minimum atomic E-state index is -3.10. The second-order valence-electron chi connectivity index (χ2n) is 6.33. The number of halogens is 2. The van der Waals surface area contributed by atoms with E-state index in [4.69, 9.17) is 23.2 Å². The molecule has 27 heavy (non-hydrogen) atoms. The third-order valence-electron chi connectivity index (χ3n) is 4.46. The van der Waals surface area contributed by atoms with Crippen LogP contribution in [-0.4, -0.2) is 42.3 Å². The third kappa shape index (κ3) is 3.74. The first-order valence-corrected chi connectivity index (χ1v) is 11.6. The van der Waals surface area contributed by atoms with Crippen LogP contribution in [0.3, 0.4) is 0 Å². The number of nitrogens with zero attached hydrogens (tertiary/aromatic N) is 2. The summed E-state index contributed by atoms with van der Waals surface area (Å²) in [5.41, 5.74) is 1.07. The lowest BCUT2D eigenvalue weighted by Gasteiger charge is -2.24. The van der Waals surface area contributed by atoms with Gasteiger partial charge in [-0.2, -0.15) is 4.99 Å². The molecule has 2 aromatic carbocycles. The molecule has 0 bridgehead atoms. The molecular formula is C18H14Cl2N2O3S2. The SMILES string of the molecule is O=C(N=C1S[C@H]2CS(=O)(=O)C[C@H]2N1c1ccccc1)c1ccc(Cl)cc1Cl. The summed E-state index contributed by atoms with van der Waals surface area (Å²) < 4.78 is 24.1. The van der Waals surface area contributed by atoms with E-state index < -0.39 is 15.7 Å². The number of carbonyl (C=O) groups excluding carboxylic acids is 1. The molecule has 2 fully saturated rings. The maximum atomic E-state index is 12.7. The van der Waals surface area contributed by atoms with Crippen molar-refractivity contribution in [2.75, 3.05) is 16.4 Å². The van der Waals surface area contributed by atoms with Gasteiger partial charge in [-0.3, -0.25) is 4.79 Å². The van der Waals surface area contributed by atoms with Crippen LogP contribution >= 0.6 is 35.0 Å². The molecule has 2 aromatic rings. The second kappa shape index (κ2) is 7.13. The van der Waals surface area contributed by atoms with Crippen LogP contribution in [-0.2, 0) is 9.84 Å². The number of hydrogen-bond acceptors (Lipinski definition) is 4. The highest BCUT2D eigenvalue weighted by Crippen LogP contribution is 2.41. The first-order chi connectivity index (χ1) is 12.8. The second-order valence-corrected chi connectivity index (χ2v) is 10.5. The van der Waals surface area contributed by atoms with Crippen LogP contribution in [0.15, 0.2) is 53.5 Å². The Bertz CT molecular complexity index is 1040. The van der Waals surface area contributed by atoms with E-state index >= 15 is 0 Å². The number of anilines is 1. The molecule has 0 aliphatic carbocycles. The van der Waals surface area contributed by atoms with Gasteiger partial charge in [0, 0.05) is 16.0 Å². The molecule has 5 nitrogen and oxygen atoms in total. The van der Waals surface area contributed by atoms with Crippen molar-refractivity contribution in [2.24, 2.45) is 4.99 Å². The summed E-state index contributed by atoms with van der Waals surface area (Å²) in [5.74, 6) is -0.349. The molecule has 4 rings (SSSR count). The molecule has 0 unspecified atom stereocenters. The van der Waals surface area contributed by atoms with Gasteiger partial charge in [-0.05, 0) is 30.3 Å². The first-order valence-electron chi connectivity index (χ1n) is 8.13. The lowest BCUT2D eigenvalue weighted by atomic mass is 10.2. The van der Waals surface area contributed by atoms with Crippen LogP contribution in [0.4, 0.5) is 5.69 Å². The van der Waals surface area contributed by atoms with Crippen molar-refractivity contribution in [3.63, 3.8) is 0 Å². The molecule has 2 aliphatic rings.